The number of cyclic esters (lactones) is 2. The molecule has 6 N–H and O–H groups in total. The molecule has 2 heterocycles. The molecular weight excluding hydrogens is 360 g/mol. The van der Waals surface area contributed by atoms with E-state index >= 15 is 0 Å². The zero-order valence-corrected chi connectivity index (χ0v) is 14.0. The molecule has 0 radical (unpaired) electrons. The van der Waals surface area contributed by atoms with E-state index < -0.39 is 72.6 Å². The largest absolute Gasteiger partial charge is 2.00 e. The van der Waals surface area contributed by atoms with Crippen molar-refractivity contribution in [3.63, 3.8) is 0 Å². The molecule has 0 bridgehead atoms. The van der Waals surface area contributed by atoms with E-state index in [1.807, 2.05) is 0 Å². The van der Waals surface area contributed by atoms with Crippen LogP contribution in [-0.2, 0) is 19.1 Å². The van der Waals surface area contributed by atoms with Crippen molar-refractivity contribution in [3.05, 3.63) is 23.0 Å². The fourth-order valence-corrected chi connectivity index (χ4v) is 1.62. The van der Waals surface area contributed by atoms with Gasteiger partial charge in [-0.05, 0) is 11.5 Å². The Hall–Kier alpha value is -1.77. The Morgan fingerprint density at radius 1 is 0.840 bits per heavy atom. The van der Waals surface area contributed by atoms with E-state index in [1.54, 1.807) is 0 Å². The summed E-state index contributed by atoms with van der Waals surface area (Å²) in [6.45, 7) is -1.42. The SMILES string of the molecule is O=C1O[C@H]([C@@H](O)CO)C([O-])=C1O.O=C1O[C@H]([C@@H](O)CO)C([O-])=C1O.[Mg+2]. The summed E-state index contributed by atoms with van der Waals surface area (Å²) < 4.78 is 8.51. The summed E-state index contributed by atoms with van der Waals surface area (Å²) in [7, 11) is 0. The summed E-state index contributed by atoms with van der Waals surface area (Å²) in [4.78, 5) is 21.0. The monoisotopic (exact) mass is 374 g/mol. The van der Waals surface area contributed by atoms with Gasteiger partial charge in [0.25, 0.3) is 0 Å². The first-order valence-corrected chi connectivity index (χ1v) is 6.35. The molecule has 0 saturated heterocycles. The Balaban J connectivity index is 0.000000443. The molecule has 2 aliphatic heterocycles. The van der Waals surface area contributed by atoms with Gasteiger partial charge in [-0.3, -0.25) is 0 Å². The first-order chi connectivity index (χ1) is 11.1. The van der Waals surface area contributed by atoms with Crippen LogP contribution in [0.25, 0.3) is 0 Å². The average molecular weight is 375 g/mol. The van der Waals surface area contributed by atoms with Crippen LogP contribution in [0.4, 0.5) is 0 Å². The van der Waals surface area contributed by atoms with Gasteiger partial charge in [0.1, 0.15) is 24.4 Å². The van der Waals surface area contributed by atoms with Crippen LogP contribution in [0.15, 0.2) is 23.0 Å². The van der Waals surface area contributed by atoms with Gasteiger partial charge >= 0.3 is 35.0 Å². The summed E-state index contributed by atoms with van der Waals surface area (Å²) in [6.07, 6.45) is -5.90. The number of ether oxygens (including phenoxy) is 2. The molecule has 0 aromatic carbocycles. The smallest absolute Gasteiger partial charge is 0.870 e. The van der Waals surface area contributed by atoms with Crippen LogP contribution in [0, 0.1) is 0 Å². The van der Waals surface area contributed by atoms with Crippen LogP contribution in [0.1, 0.15) is 0 Å². The molecule has 0 amide bonds. The summed E-state index contributed by atoms with van der Waals surface area (Å²) >= 11 is 0. The molecule has 2 aliphatic rings. The van der Waals surface area contributed by atoms with E-state index in [0.717, 1.165) is 0 Å². The number of carbonyl (C=O) groups is 2. The van der Waals surface area contributed by atoms with Crippen molar-refractivity contribution < 1.29 is 59.9 Å². The normalized spacial score (nSPS) is 24.8. The maximum atomic E-state index is 10.8. The molecule has 2 rings (SSSR count). The molecule has 136 valence electrons. The van der Waals surface area contributed by atoms with E-state index in [9.17, 15) is 19.8 Å². The number of hydrogen-bond donors (Lipinski definition) is 6. The molecule has 0 aromatic heterocycles. The molecule has 4 atom stereocenters. The maximum absolute atomic E-state index is 10.8. The Labute approximate surface area is 156 Å². The number of rotatable bonds is 4. The zero-order chi connectivity index (χ0) is 18.6. The average Bonchev–Trinajstić information content (AvgIpc) is 2.98. The van der Waals surface area contributed by atoms with Gasteiger partial charge in [-0.2, -0.15) is 0 Å². The summed E-state index contributed by atoms with van der Waals surface area (Å²) in [5, 5.41) is 73.6. The Morgan fingerprint density at radius 3 is 1.28 bits per heavy atom. The fraction of sp³-hybridized carbons (Fsp3) is 0.500. The first-order valence-electron chi connectivity index (χ1n) is 6.35. The van der Waals surface area contributed by atoms with E-state index in [0.29, 0.717) is 0 Å². The van der Waals surface area contributed by atoms with Crippen LogP contribution < -0.4 is 10.2 Å². The molecule has 0 fully saturated rings. The molecule has 12 nitrogen and oxygen atoms in total. The van der Waals surface area contributed by atoms with Crippen LogP contribution in [0.2, 0.25) is 0 Å². The second kappa shape index (κ2) is 9.64. The minimum Gasteiger partial charge on any atom is -0.870 e. The van der Waals surface area contributed by atoms with Crippen LogP contribution >= 0.6 is 0 Å². The quantitative estimate of drug-likeness (QED) is 0.200. The van der Waals surface area contributed by atoms with E-state index in [4.69, 9.17) is 30.6 Å². The molecule has 25 heavy (non-hydrogen) atoms. The van der Waals surface area contributed by atoms with Crippen molar-refractivity contribution >= 4 is 35.0 Å². The third-order valence-corrected chi connectivity index (χ3v) is 2.91. The van der Waals surface area contributed by atoms with Crippen LogP contribution in [0.3, 0.4) is 0 Å². The van der Waals surface area contributed by atoms with Gasteiger partial charge in [0.05, 0.1) is 13.2 Å². The van der Waals surface area contributed by atoms with E-state index in [-0.39, 0.29) is 23.1 Å². The standard InChI is InChI=1S/2C6H8O6.Mg/c2*7-1-2(8)5-3(9)4(10)6(11)12-5;/h2*2,5,7-10H,1H2;/q;;+2/p-2/t2*2-,5+;/m00./s1. The first kappa shape index (κ1) is 23.2. The van der Waals surface area contributed by atoms with Crippen molar-refractivity contribution in [2.45, 2.75) is 24.4 Å². The molecule has 0 aromatic rings. The predicted octanol–water partition coefficient (Wildman–Crippen LogP) is -5.59. The van der Waals surface area contributed by atoms with Crippen LogP contribution in [-0.4, -0.2) is 103 Å². The second-order valence-corrected chi connectivity index (χ2v) is 4.58. The minimum atomic E-state index is -1.48. The van der Waals surface area contributed by atoms with Crippen molar-refractivity contribution in [2.75, 3.05) is 13.2 Å². The maximum Gasteiger partial charge on any atom is 2.00 e. The van der Waals surface area contributed by atoms with Crippen molar-refractivity contribution in [3.8, 4) is 0 Å². The van der Waals surface area contributed by atoms with Crippen molar-refractivity contribution in [1.29, 1.82) is 0 Å². The molecule has 0 spiro atoms. The fourth-order valence-electron chi connectivity index (χ4n) is 1.62. The van der Waals surface area contributed by atoms with Gasteiger partial charge < -0.3 is 50.3 Å². The third kappa shape index (κ3) is 5.10. The molecule has 0 unspecified atom stereocenters. The number of esters is 2. The molecular formula is C12H14MgO12. The third-order valence-electron chi connectivity index (χ3n) is 2.91. The number of aliphatic hydroxyl groups excluding tert-OH is 6. The summed E-state index contributed by atoms with van der Waals surface area (Å²) in [5.41, 5.74) is 0. The zero-order valence-electron chi connectivity index (χ0n) is 12.6. The van der Waals surface area contributed by atoms with Gasteiger partial charge in [0, 0.05) is 0 Å². The van der Waals surface area contributed by atoms with E-state index in [2.05, 4.69) is 9.47 Å². The van der Waals surface area contributed by atoms with Crippen LogP contribution in [0.5, 0.6) is 0 Å². The molecule has 0 aliphatic carbocycles. The number of hydrogen-bond acceptors (Lipinski definition) is 12. The Morgan fingerprint density at radius 2 is 1.12 bits per heavy atom. The topological polar surface area (TPSA) is 220 Å². The number of carbonyl (C=O) groups excluding carboxylic acids is 2. The van der Waals surface area contributed by atoms with Gasteiger partial charge in [-0.25, -0.2) is 9.59 Å². The predicted molar refractivity (Wildman–Crippen MR) is 71.0 cm³/mol. The van der Waals surface area contributed by atoms with Gasteiger partial charge in [0.15, 0.2) is 11.5 Å². The van der Waals surface area contributed by atoms with Gasteiger partial charge in [-0.15, -0.1) is 0 Å². The molecule has 13 heteroatoms. The van der Waals surface area contributed by atoms with Gasteiger partial charge in [0.2, 0.25) is 0 Å². The second-order valence-electron chi connectivity index (χ2n) is 4.58. The minimum absolute atomic E-state index is 0. The summed E-state index contributed by atoms with van der Waals surface area (Å²) in [6, 6.07) is 0. The van der Waals surface area contributed by atoms with Crippen molar-refractivity contribution in [2.24, 2.45) is 0 Å². The Kier molecular flexibility index (Phi) is 8.96. The molecule has 0 saturated carbocycles. The van der Waals surface area contributed by atoms with Crippen molar-refractivity contribution in [1.82, 2.24) is 0 Å². The van der Waals surface area contributed by atoms with E-state index in [1.165, 1.54) is 0 Å². The number of aliphatic hydroxyl groups is 6. The van der Waals surface area contributed by atoms with Gasteiger partial charge in [-0.1, -0.05) is 0 Å². The Bertz CT molecular complexity index is 520. The summed E-state index contributed by atoms with van der Waals surface area (Å²) in [5.74, 6) is -6.40.